The fourth-order valence-electron chi connectivity index (χ4n) is 13.8. The molecule has 8 aliphatic rings. The van der Waals surface area contributed by atoms with Gasteiger partial charge in [-0.25, -0.2) is 0 Å². The highest BCUT2D eigenvalue weighted by Crippen LogP contribution is 2.45. The van der Waals surface area contributed by atoms with Crippen molar-refractivity contribution in [2.75, 3.05) is 0 Å². The maximum absolute atomic E-state index is 2.39. The highest BCUT2D eigenvalue weighted by molar-refractivity contribution is 4.87. The van der Waals surface area contributed by atoms with E-state index < -0.39 is 0 Å². The molecule has 384 valence electrons. The van der Waals surface area contributed by atoms with Crippen molar-refractivity contribution in [2.45, 2.75) is 282 Å². The van der Waals surface area contributed by atoms with Crippen LogP contribution in [0.15, 0.2) is 0 Å². The molecular formula is C64H128. The molecule has 0 radical (unpaired) electrons. The minimum atomic E-state index is 0.653. The summed E-state index contributed by atoms with van der Waals surface area (Å²) in [6, 6.07) is 0. The molecule has 0 bridgehead atoms. The van der Waals surface area contributed by atoms with Gasteiger partial charge >= 0.3 is 0 Å². The second kappa shape index (κ2) is 29.9. The van der Waals surface area contributed by atoms with Gasteiger partial charge in [0.05, 0.1) is 0 Å². The molecule has 0 heterocycles. The van der Waals surface area contributed by atoms with E-state index in [1.54, 1.807) is 0 Å². The van der Waals surface area contributed by atoms with Crippen LogP contribution in [0.1, 0.15) is 282 Å². The fraction of sp³-hybridized carbons (Fsp3) is 1.00. The Morgan fingerprint density at radius 2 is 0.688 bits per heavy atom. The van der Waals surface area contributed by atoms with Crippen LogP contribution < -0.4 is 0 Å². The molecule has 8 rings (SSSR count). The lowest BCUT2D eigenvalue weighted by Crippen LogP contribution is -2.39. The second-order valence-corrected chi connectivity index (χ2v) is 28.2. The Hall–Kier alpha value is 0. The van der Waals surface area contributed by atoms with Gasteiger partial charge in [0, 0.05) is 0 Å². The summed E-state index contributed by atoms with van der Waals surface area (Å²) in [4.78, 5) is 0. The van der Waals surface area contributed by atoms with Gasteiger partial charge in [-0.15, -0.1) is 0 Å². The number of hydrogen-bond donors (Lipinski definition) is 0. The van der Waals surface area contributed by atoms with Crippen LogP contribution in [0.4, 0.5) is 0 Å². The first-order valence-corrected chi connectivity index (χ1v) is 29.5. The smallest absolute Gasteiger partial charge is 0.0329 e. The van der Waals surface area contributed by atoms with E-state index in [-0.39, 0.29) is 0 Å². The van der Waals surface area contributed by atoms with Crippen LogP contribution in [-0.2, 0) is 0 Å². The third-order valence-electron chi connectivity index (χ3n) is 21.7. The molecule has 0 aromatic rings. The predicted octanol–water partition coefficient (Wildman–Crippen LogP) is 21.8. The van der Waals surface area contributed by atoms with Crippen LogP contribution in [0, 0.1) is 129 Å². The minimum absolute atomic E-state index is 0.653. The Balaban J connectivity index is 0.000000366. The Morgan fingerprint density at radius 3 is 0.797 bits per heavy atom. The van der Waals surface area contributed by atoms with Crippen LogP contribution in [0.5, 0.6) is 0 Å². The van der Waals surface area contributed by atoms with E-state index in [0.29, 0.717) is 10.8 Å². The zero-order chi connectivity index (χ0) is 49.3. The zero-order valence-corrected chi connectivity index (χ0v) is 49.3. The van der Waals surface area contributed by atoms with Crippen molar-refractivity contribution in [3.05, 3.63) is 0 Å². The largest absolute Gasteiger partial charge is 0.0651 e. The topological polar surface area (TPSA) is 0 Å². The molecule has 0 saturated heterocycles. The van der Waals surface area contributed by atoms with Crippen LogP contribution in [0.25, 0.3) is 0 Å². The molecule has 0 aromatic carbocycles. The number of rotatable bonds is 1. The normalized spacial score (nSPS) is 44.4. The first kappa shape index (κ1) is 62.0. The zero-order valence-electron chi connectivity index (χ0n) is 49.3. The van der Waals surface area contributed by atoms with Gasteiger partial charge in [-0.2, -0.15) is 0 Å². The molecule has 8 saturated carbocycles. The molecular weight excluding hydrogens is 769 g/mol. The standard InChI is InChI=1S/8C8H16/c2*1-6-4-7(2)8(3)5-6;1-7-4-5-8(2,3)6-7;1-7-5-4-6-8(7,2)3;2*1-6-4-5-7(2)8(6)3;1-5-6(2)8(4)7(5)3;1-3-8-6-4-5-7(8)2/h2*6-8H,4-5H2,1-3H3;2*7H,4-6H2,1-3H3;2*6-8H,4-5H2,1-3H3;5-8H,1-4H3;7-8H,3-6H2,1-2H3/t6?,7-,8?;;;;;;;/m0......./s1. The van der Waals surface area contributed by atoms with Crippen molar-refractivity contribution < 1.29 is 0 Å². The molecule has 0 heteroatoms. The molecule has 8 aliphatic carbocycles. The minimum Gasteiger partial charge on any atom is -0.0651 e. The van der Waals surface area contributed by atoms with Crippen molar-refractivity contribution in [1.82, 2.24) is 0 Å². The molecule has 0 nitrogen and oxygen atoms in total. The Morgan fingerprint density at radius 1 is 0.328 bits per heavy atom. The molecule has 0 spiro atoms. The van der Waals surface area contributed by atoms with Gasteiger partial charge in [-0.3, -0.25) is 0 Å². The van der Waals surface area contributed by atoms with Crippen molar-refractivity contribution in [1.29, 1.82) is 0 Å². The Labute approximate surface area is 409 Å². The first-order chi connectivity index (χ1) is 29.5. The summed E-state index contributed by atoms with van der Waals surface area (Å²) in [6.45, 7) is 56.8. The predicted molar refractivity (Wildman–Crippen MR) is 294 cm³/mol. The van der Waals surface area contributed by atoms with Crippen molar-refractivity contribution in [3.63, 3.8) is 0 Å². The van der Waals surface area contributed by atoms with Crippen molar-refractivity contribution in [2.24, 2.45) is 129 Å². The lowest BCUT2D eigenvalue weighted by molar-refractivity contribution is 0.0302. The van der Waals surface area contributed by atoms with Crippen molar-refractivity contribution >= 4 is 0 Å². The third kappa shape index (κ3) is 22.2. The van der Waals surface area contributed by atoms with Crippen molar-refractivity contribution in [3.8, 4) is 0 Å². The lowest BCUT2D eigenvalue weighted by atomic mass is 9.60. The average Bonchev–Trinajstić information content (AvgIpc) is 4.11. The molecule has 0 N–H and O–H groups in total. The van der Waals surface area contributed by atoms with Crippen LogP contribution in [0.3, 0.4) is 0 Å². The highest BCUT2D eigenvalue weighted by Gasteiger charge is 2.38. The Kier molecular flexibility index (Phi) is 29.0. The summed E-state index contributed by atoms with van der Waals surface area (Å²) in [7, 11) is 0. The van der Waals surface area contributed by atoms with E-state index in [2.05, 4.69) is 166 Å². The van der Waals surface area contributed by atoms with E-state index in [1.807, 2.05) is 0 Å². The molecule has 12 unspecified atom stereocenters. The van der Waals surface area contributed by atoms with E-state index >= 15 is 0 Å². The highest BCUT2D eigenvalue weighted by atomic mass is 14.4. The van der Waals surface area contributed by atoms with Gasteiger partial charge in [-0.05, 0) is 174 Å². The van der Waals surface area contributed by atoms with Gasteiger partial charge in [0.25, 0.3) is 0 Å². The molecule has 13 atom stereocenters. The SMILES string of the molecule is CC1C(C)C(C)C1C.CC1CC(C)C(C)C1.CC1CC(C)[C@@H](C)C1.CC1CCC(C)(C)C1.CC1CCC(C)C1C.CC1CCC(C)C1C.CC1CCCC1(C)C.CCC1CCCC1C. The summed E-state index contributed by atoms with van der Waals surface area (Å²) in [5, 5.41) is 0. The summed E-state index contributed by atoms with van der Waals surface area (Å²) < 4.78 is 0. The quantitative estimate of drug-likeness (QED) is 0.246. The van der Waals surface area contributed by atoms with Crippen LogP contribution in [-0.4, -0.2) is 0 Å². The summed E-state index contributed by atoms with van der Waals surface area (Å²) in [5.74, 6) is 19.8. The van der Waals surface area contributed by atoms with Crippen LogP contribution in [0.2, 0.25) is 0 Å². The van der Waals surface area contributed by atoms with E-state index in [9.17, 15) is 0 Å². The number of hydrogen-bond acceptors (Lipinski definition) is 0. The lowest BCUT2D eigenvalue weighted by Gasteiger charge is -2.45. The monoisotopic (exact) mass is 897 g/mol. The molecule has 64 heavy (non-hydrogen) atoms. The van der Waals surface area contributed by atoms with Gasteiger partial charge in [-0.1, -0.05) is 237 Å². The van der Waals surface area contributed by atoms with Crippen LogP contribution >= 0.6 is 0 Å². The molecule has 0 aliphatic heterocycles. The maximum Gasteiger partial charge on any atom is -0.0329 e. The molecule has 0 amide bonds. The van der Waals surface area contributed by atoms with Gasteiger partial charge in [0.15, 0.2) is 0 Å². The van der Waals surface area contributed by atoms with E-state index in [1.165, 1.54) is 116 Å². The summed E-state index contributed by atoms with van der Waals surface area (Å²) >= 11 is 0. The van der Waals surface area contributed by atoms with Gasteiger partial charge in [0.2, 0.25) is 0 Å². The van der Waals surface area contributed by atoms with Gasteiger partial charge in [0.1, 0.15) is 0 Å². The maximum atomic E-state index is 2.39. The summed E-state index contributed by atoms with van der Waals surface area (Å²) in [5.41, 5.74) is 1.32. The second-order valence-electron chi connectivity index (χ2n) is 28.2. The van der Waals surface area contributed by atoms with E-state index in [0.717, 1.165) is 118 Å². The Bertz CT molecular complexity index is 1030. The summed E-state index contributed by atoms with van der Waals surface area (Å²) in [6.07, 6.45) is 26.2. The third-order valence-corrected chi connectivity index (χ3v) is 21.7. The average molecular weight is 898 g/mol. The van der Waals surface area contributed by atoms with E-state index in [4.69, 9.17) is 0 Å². The first-order valence-electron chi connectivity index (χ1n) is 29.5. The molecule has 0 aromatic heterocycles. The fourth-order valence-corrected chi connectivity index (χ4v) is 13.8. The molecule has 8 fully saturated rings. The van der Waals surface area contributed by atoms with Gasteiger partial charge < -0.3 is 0 Å².